The van der Waals surface area contributed by atoms with Gasteiger partial charge in [0.15, 0.2) is 0 Å². The third-order valence-corrected chi connectivity index (χ3v) is 1.50. The smallest absolute Gasteiger partial charge is 0.244 e. The number of carbonyl (C=O) groups excluding carboxylic acids is 1. The van der Waals surface area contributed by atoms with E-state index in [1.807, 2.05) is 6.08 Å². The molecule has 0 saturated carbocycles. The highest BCUT2D eigenvalue weighted by molar-refractivity contribution is 5.91. The molecule has 0 saturated heterocycles. The van der Waals surface area contributed by atoms with Gasteiger partial charge in [0.05, 0.1) is 0 Å². The van der Waals surface area contributed by atoms with Gasteiger partial charge < -0.3 is 11.5 Å². The average Bonchev–Trinajstić information content (AvgIpc) is 1.97. The molecule has 3 heteroatoms. The van der Waals surface area contributed by atoms with Crippen LogP contribution in [0, 0.1) is 0 Å². The highest BCUT2D eigenvalue weighted by Crippen LogP contribution is 1.99. The molecule has 0 unspecified atom stereocenters. The first-order chi connectivity index (χ1) is 5.18. The number of unbranched alkanes of at least 4 members (excludes halogenated alkanes) is 2. The van der Waals surface area contributed by atoms with Crippen LogP contribution in [0.1, 0.15) is 26.2 Å². The molecule has 0 spiro atoms. The first kappa shape index (κ1) is 10.2. The lowest BCUT2D eigenvalue weighted by Gasteiger charge is -1.94. The maximum absolute atomic E-state index is 10.5. The Morgan fingerprint density at radius 2 is 2.09 bits per heavy atom. The zero-order valence-electron chi connectivity index (χ0n) is 6.97. The molecule has 0 aliphatic rings. The lowest BCUT2D eigenvalue weighted by molar-refractivity contribution is -0.114. The number of primary amides is 1. The molecule has 0 atom stereocenters. The van der Waals surface area contributed by atoms with Gasteiger partial charge in [0, 0.05) is 5.57 Å². The van der Waals surface area contributed by atoms with Crippen LogP contribution in [-0.2, 0) is 4.79 Å². The van der Waals surface area contributed by atoms with Crippen LogP contribution in [0.15, 0.2) is 11.6 Å². The summed E-state index contributed by atoms with van der Waals surface area (Å²) in [4.78, 5) is 10.5. The normalized spacial score (nSPS) is 11.6. The van der Waals surface area contributed by atoms with Crippen LogP contribution in [0.4, 0.5) is 0 Å². The van der Waals surface area contributed by atoms with Crippen LogP contribution in [0.3, 0.4) is 0 Å². The molecule has 0 aliphatic heterocycles. The molecule has 0 aromatic rings. The summed E-state index contributed by atoms with van der Waals surface area (Å²) in [5.41, 5.74) is 11.0. The Morgan fingerprint density at radius 1 is 1.45 bits per heavy atom. The van der Waals surface area contributed by atoms with E-state index in [0.29, 0.717) is 12.1 Å². The fourth-order valence-corrected chi connectivity index (χ4v) is 0.708. The molecule has 0 radical (unpaired) electrons. The number of amides is 1. The van der Waals surface area contributed by atoms with Crippen molar-refractivity contribution in [3.05, 3.63) is 11.6 Å². The van der Waals surface area contributed by atoms with Gasteiger partial charge in [0.1, 0.15) is 0 Å². The summed E-state index contributed by atoms with van der Waals surface area (Å²) in [6, 6.07) is 0. The molecular formula is C8H16N2O. The van der Waals surface area contributed by atoms with E-state index < -0.39 is 0 Å². The van der Waals surface area contributed by atoms with Gasteiger partial charge in [-0.1, -0.05) is 6.08 Å². The molecule has 1 amide bonds. The van der Waals surface area contributed by atoms with Gasteiger partial charge >= 0.3 is 0 Å². The number of hydrogen-bond acceptors (Lipinski definition) is 2. The Labute approximate surface area is 67.4 Å². The third-order valence-electron chi connectivity index (χ3n) is 1.50. The maximum atomic E-state index is 10.5. The predicted octanol–water partition coefficient (Wildman–Crippen LogP) is 0.547. The summed E-state index contributed by atoms with van der Waals surface area (Å²) in [6.07, 6.45) is 4.79. The topological polar surface area (TPSA) is 69.1 Å². The Morgan fingerprint density at radius 3 is 2.55 bits per heavy atom. The van der Waals surface area contributed by atoms with Crippen molar-refractivity contribution in [3.8, 4) is 0 Å². The number of rotatable bonds is 5. The van der Waals surface area contributed by atoms with E-state index in [9.17, 15) is 4.79 Å². The fraction of sp³-hybridized carbons (Fsp3) is 0.625. The first-order valence-corrected chi connectivity index (χ1v) is 3.85. The van der Waals surface area contributed by atoms with Gasteiger partial charge in [-0.15, -0.1) is 0 Å². The van der Waals surface area contributed by atoms with Crippen LogP contribution in [0.5, 0.6) is 0 Å². The molecule has 0 bridgehead atoms. The van der Waals surface area contributed by atoms with Crippen molar-refractivity contribution >= 4 is 5.91 Å². The van der Waals surface area contributed by atoms with Crippen LogP contribution < -0.4 is 11.5 Å². The summed E-state index contributed by atoms with van der Waals surface area (Å²) < 4.78 is 0. The van der Waals surface area contributed by atoms with Crippen molar-refractivity contribution in [2.24, 2.45) is 11.5 Å². The molecule has 0 rings (SSSR count). The molecule has 0 aromatic heterocycles. The van der Waals surface area contributed by atoms with E-state index in [1.165, 1.54) is 0 Å². The summed E-state index contributed by atoms with van der Waals surface area (Å²) in [6.45, 7) is 2.44. The second-order valence-electron chi connectivity index (χ2n) is 2.54. The van der Waals surface area contributed by atoms with Crippen molar-refractivity contribution < 1.29 is 4.79 Å². The Balaban J connectivity index is 3.48. The minimum absolute atomic E-state index is 0.335. The standard InChI is InChI=1S/C8H16N2O/c1-7(8(10)11)5-3-2-4-6-9/h5H,2-4,6,9H2,1H3,(H2,10,11). The molecule has 3 nitrogen and oxygen atoms in total. The highest BCUT2D eigenvalue weighted by atomic mass is 16.1. The number of hydrogen-bond donors (Lipinski definition) is 2. The minimum atomic E-state index is -0.335. The van der Waals surface area contributed by atoms with E-state index in [1.54, 1.807) is 6.92 Å². The van der Waals surface area contributed by atoms with E-state index in [4.69, 9.17) is 11.5 Å². The summed E-state index contributed by atoms with van der Waals surface area (Å²) >= 11 is 0. The van der Waals surface area contributed by atoms with Gasteiger partial charge in [0.25, 0.3) is 0 Å². The van der Waals surface area contributed by atoms with E-state index >= 15 is 0 Å². The third kappa shape index (κ3) is 5.61. The van der Waals surface area contributed by atoms with Crippen LogP contribution in [0.2, 0.25) is 0 Å². The van der Waals surface area contributed by atoms with Crippen molar-refractivity contribution in [2.75, 3.05) is 6.54 Å². The largest absolute Gasteiger partial charge is 0.366 e. The summed E-state index contributed by atoms with van der Waals surface area (Å²) in [7, 11) is 0. The molecule has 0 aromatic carbocycles. The van der Waals surface area contributed by atoms with E-state index in [2.05, 4.69) is 0 Å². The fourth-order valence-electron chi connectivity index (χ4n) is 0.708. The minimum Gasteiger partial charge on any atom is -0.366 e. The van der Waals surface area contributed by atoms with Crippen molar-refractivity contribution in [2.45, 2.75) is 26.2 Å². The van der Waals surface area contributed by atoms with Gasteiger partial charge in [-0.05, 0) is 32.7 Å². The number of nitrogens with two attached hydrogens (primary N) is 2. The average molecular weight is 156 g/mol. The molecule has 0 aliphatic carbocycles. The Kier molecular flexibility index (Phi) is 5.47. The zero-order chi connectivity index (χ0) is 8.69. The van der Waals surface area contributed by atoms with Gasteiger partial charge in [-0.3, -0.25) is 4.79 Å². The van der Waals surface area contributed by atoms with Gasteiger partial charge in [-0.25, -0.2) is 0 Å². The molecule has 11 heavy (non-hydrogen) atoms. The Hall–Kier alpha value is -0.830. The zero-order valence-corrected chi connectivity index (χ0v) is 6.97. The van der Waals surface area contributed by atoms with Crippen LogP contribution >= 0.6 is 0 Å². The van der Waals surface area contributed by atoms with E-state index in [0.717, 1.165) is 19.3 Å². The molecular weight excluding hydrogens is 140 g/mol. The van der Waals surface area contributed by atoms with Gasteiger partial charge in [0.2, 0.25) is 5.91 Å². The highest BCUT2D eigenvalue weighted by Gasteiger charge is 1.94. The maximum Gasteiger partial charge on any atom is 0.244 e. The second-order valence-corrected chi connectivity index (χ2v) is 2.54. The molecule has 0 fully saturated rings. The monoisotopic (exact) mass is 156 g/mol. The Bertz CT molecular complexity index is 152. The van der Waals surface area contributed by atoms with Crippen LogP contribution in [0.25, 0.3) is 0 Å². The second kappa shape index (κ2) is 5.92. The van der Waals surface area contributed by atoms with Crippen molar-refractivity contribution in [1.29, 1.82) is 0 Å². The lowest BCUT2D eigenvalue weighted by Crippen LogP contribution is -2.11. The SMILES string of the molecule is CC(=CCCCCN)C(N)=O. The summed E-state index contributed by atoms with van der Waals surface area (Å²) in [5, 5.41) is 0. The molecule has 0 heterocycles. The molecule has 64 valence electrons. The van der Waals surface area contributed by atoms with Crippen LogP contribution in [-0.4, -0.2) is 12.5 Å². The lowest BCUT2D eigenvalue weighted by atomic mass is 10.2. The number of carbonyl (C=O) groups is 1. The predicted molar refractivity (Wildman–Crippen MR) is 45.9 cm³/mol. The number of allylic oxidation sites excluding steroid dienone is 1. The van der Waals surface area contributed by atoms with Crippen molar-refractivity contribution in [1.82, 2.24) is 0 Å². The molecule has 4 N–H and O–H groups in total. The first-order valence-electron chi connectivity index (χ1n) is 3.85. The van der Waals surface area contributed by atoms with Crippen molar-refractivity contribution in [3.63, 3.8) is 0 Å². The van der Waals surface area contributed by atoms with Gasteiger partial charge in [-0.2, -0.15) is 0 Å². The van der Waals surface area contributed by atoms with E-state index in [-0.39, 0.29) is 5.91 Å². The summed E-state index contributed by atoms with van der Waals surface area (Å²) in [5.74, 6) is -0.335. The quantitative estimate of drug-likeness (QED) is 0.450.